The summed E-state index contributed by atoms with van der Waals surface area (Å²) in [5.74, 6) is -0.145. The molecule has 19 heavy (non-hydrogen) atoms. The van der Waals surface area contributed by atoms with Crippen molar-refractivity contribution in [1.82, 2.24) is 4.90 Å². The Morgan fingerprint density at radius 3 is 2.37 bits per heavy atom. The maximum Gasteiger partial charge on any atom is 0.265 e. The van der Waals surface area contributed by atoms with E-state index < -0.39 is 9.05 Å². The van der Waals surface area contributed by atoms with Crippen molar-refractivity contribution in [1.29, 1.82) is 0 Å². The molecule has 0 radical (unpaired) electrons. The number of amides is 1. The standard InChI is InChI=1S/C12H16ClNO4S/c1-8-5-9(2)12(10(6-8)19(13,16)17)18-7-11(15)14(3)4/h5-6H,7H2,1-4H3. The van der Waals surface area contributed by atoms with Gasteiger partial charge in [-0.05, 0) is 31.0 Å². The van der Waals surface area contributed by atoms with E-state index in [-0.39, 0.29) is 23.2 Å². The zero-order valence-corrected chi connectivity index (χ0v) is 12.8. The molecule has 1 aromatic rings. The van der Waals surface area contributed by atoms with Gasteiger partial charge in [0.15, 0.2) is 6.61 Å². The monoisotopic (exact) mass is 305 g/mol. The predicted octanol–water partition coefficient (Wildman–Crippen LogP) is 1.70. The van der Waals surface area contributed by atoms with Gasteiger partial charge in [-0.25, -0.2) is 8.42 Å². The summed E-state index contributed by atoms with van der Waals surface area (Å²) in [6.07, 6.45) is 0. The molecule has 0 heterocycles. The lowest BCUT2D eigenvalue weighted by atomic mass is 10.1. The Labute approximate surface area is 117 Å². The number of hydrogen-bond donors (Lipinski definition) is 0. The fourth-order valence-electron chi connectivity index (χ4n) is 1.54. The van der Waals surface area contributed by atoms with Crippen LogP contribution < -0.4 is 4.74 Å². The van der Waals surface area contributed by atoms with Crippen molar-refractivity contribution in [3.8, 4) is 5.75 Å². The lowest BCUT2D eigenvalue weighted by Gasteiger charge is -2.15. The van der Waals surface area contributed by atoms with Crippen LogP contribution in [0.1, 0.15) is 11.1 Å². The lowest BCUT2D eigenvalue weighted by Crippen LogP contribution is -2.28. The van der Waals surface area contributed by atoms with E-state index in [4.69, 9.17) is 15.4 Å². The highest BCUT2D eigenvalue weighted by atomic mass is 35.7. The van der Waals surface area contributed by atoms with Crippen molar-refractivity contribution in [2.75, 3.05) is 20.7 Å². The predicted molar refractivity (Wildman–Crippen MR) is 73.1 cm³/mol. The molecule has 0 aliphatic rings. The van der Waals surface area contributed by atoms with E-state index >= 15 is 0 Å². The van der Waals surface area contributed by atoms with Crippen LogP contribution in [-0.2, 0) is 13.8 Å². The first-order valence-electron chi connectivity index (χ1n) is 5.51. The Kier molecular flexibility index (Phi) is 4.81. The average molecular weight is 306 g/mol. The number of nitrogens with zero attached hydrogens (tertiary/aromatic N) is 1. The van der Waals surface area contributed by atoms with Crippen molar-refractivity contribution in [2.24, 2.45) is 0 Å². The second-order valence-electron chi connectivity index (χ2n) is 4.42. The number of likely N-dealkylation sites (N-methyl/N-ethyl adjacent to an activating group) is 1. The van der Waals surface area contributed by atoms with E-state index in [9.17, 15) is 13.2 Å². The third kappa shape index (κ3) is 4.11. The third-order valence-corrected chi connectivity index (χ3v) is 3.81. The Hall–Kier alpha value is -1.27. The molecule has 0 saturated heterocycles. The van der Waals surface area contributed by atoms with E-state index in [0.29, 0.717) is 5.56 Å². The molecule has 0 atom stereocenters. The van der Waals surface area contributed by atoms with Crippen LogP contribution in [0, 0.1) is 13.8 Å². The van der Waals surface area contributed by atoms with Crippen LogP contribution in [-0.4, -0.2) is 39.9 Å². The molecule has 0 spiro atoms. The molecule has 1 amide bonds. The van der Waals surface area contributed by atoms with Crippen molar-refractivity contribution in [3.05, 3.63) is 23.3 Å². The van der Waals surface area contributed by atoms with Gasteiger partial charge >= 0.3 is 0 Å². The van der Waals surface area contributed by atoms with Gasteiger partial charge in [0.05, 0.1) is 0 Å². The topological polar surface area (TPSA) is 63.7 Å². The number of rotatable bonds is 4. The van der Waals surface area contributed by atoms with E-state index in [2.05, 4.69) is 0 Å². The molecule has 0 unspecified atom stereocenters. The molecule has 0 saturated carbocycles. The third-order valence-electron chi connectivity index (χ3n) is 2.49. The molecule has 0 aliphatic carbocycles. The summed E-state index contributed by atoms with van der Waals surface area (Å²) >= 11 is 0. The fourth-order valence-corrected chi connectivity index (χ4v) is 2.66. The Morgan fingerprint density at radius 1 is 1.32 bits per heavy atom. The zero-order chi connectivity index (χ0) is 14.8. The number of carbonyl (C=O) groups is 1. The first-order chi connectivity index (χ1) is 8.62. The van der Waals surface area contributed by atoms with Crippen LogP contribution in [0.25, 0.3) is 0 Å². The quantitative estimate of drug-likeness (QED) is 0.794. The number of halogens is 1. The second kappa shape index (κ2) is 5.79. The molecule has 0 bridgehead atoms. The van der Waals surface area contributed by atoms with Crippen molar-refractivity contribution >= 4 is 25.6 Å². The van der Waals surface area contributed by atoms with Crippen molar-refractivity contribution < 1.29 is 17.9 Å². The van der Waals surface area contributed by atoms with Gasteiger partial charge in [-0.1, -0.05) is 6.07 Å². The van der Waals surface area contributed by atoms with Crippen molar-refractivity contribution in [3.63, 3.8) is 0 Å². The minimum atomic E-state index is -3.92. The summed E-state index contributed by atoms with van der Waals surface area (Å²) in [4.78, 5) is 12.7. The van der Waals surface area contributed by atoms with Gasteiger partial charge in [0, 0.05) is 24.8 Å². The van der Waals surface area contributed by atoms with Gasteiger partial charge < -0.3 is 9.64 Å². The van der Waals surface area contributed by atoms with Gasteiger partial charge in [0.2, 0.25) is 0 Å². The highest BCUT2D eigenvalue weighted by molar-refractivity contribution is 8.13. The smallest absolute Gasteiger partial charge is 0.265 e. The van der Waals surface area contributed by atoms with Gasteiger partial charge in [-0.3, -0.25) is 4.79 Å². The van der Waals surface area contributed by atoms with Crippen LogP contribution in [0.4, 0.5) is 0 Å². The summed E-state index contributed by atoms with van der Waals surface area (Å²) in [6.45, 7) is 3.22. The van der Waals surface area contributed by atoms with Gasteiger partial charge in [-0.15, -0.1) is 0 Å². The minimum absolute atomic E-state index is 0.113. The summed E-state index contributed by atoms with van der Waals surface area (Å²) < 4.78 is 28.4. The summed E-state index contributed by atoms with van der Waals surface area (Å²) in [6, 6.07) is 3.19. The first-order valence-corrected chi connectivity index (χ1v) is 7.82. The Bertz CT molecular complexity index is 596. The molecule has 106 valence electrons. The second-order valence-corrected chi connectivity index (χ2v) is 6.96. The zero-order valence-electron chi connectivity index (χ0n) is 11.2. The molecular weight excluding hydrogens is 290 g/mol. The summed E-state index contributed by atoms with van der Waals surface area (Å²) in [7, 11) is 4.64. The SMILES string of the molecule is Cc1cc(C)c(OCC(=O)N(C)C)c(S(=O)(=O)Cl)c1. The van der Waals surface area contributed by atoms with Gasteiger partial charge in [-0.2, -0.15) is 0 Å². The van der Waals surface area contributed by atoms with Crippen LogP contribution >= 0.6 is 10.7 Å². The van der Waals surface area contributed by atoms with E-state index in [0.717, 1.165) is 5.56 Å². The van der Waals surface area contributed by atoms with E-state index in [1.165, 1.54) is 11.0 Å². The number of ether oxygens (including phenoxy) is 1. The maximum absolute atomic E-state index is 11.5. The fraction of sp³-hybridized carbons (Fsp3) is 0.417. The normalized spacial score (nSPS) is 11.2. The summed E-state index contributed by atoms with van der Waals surface area (Å²) in [5.41, 5.74) is 1.37. The van der Waals surface area contributed by atoms with E-state index in [1.807, 2.05) is 0 Å². The maximum atomic E-state index is 11.5. The first kappa shape index (κ1) is 15.8. The number of carbonyl (C=O) groups excluding carboxylic acids is 1. The Balaban J connectivity index is 3.16. The molecule has 0 fully saturated rings. The van der Waals surface area contributed by atoms with Crippen LogP contribution in [0.5, 0.6) is 5.75 Å². The van der Waals surface area contributed by atoms with Gasteiger partial charge in [0.25, 0.3) is 15.0 Å². The van der Waals surface area contributed by atoms with Crippen molar-refractivity contribution in [2.45, 2.75) is 18.7 Å². The van der Waals surface area contributed by atoms with Crippen LogP contribution in [0.3, 0.4) is 0 Å². The molecule has 0 N–H and O–H groups in total. The highest BCUT2D eigenvalue weighted by Crippen LogP contribution is 2.31. The van der Waals surface area contributed by atoms with Crippen LogP contribution in [0.2, 0.25) is 0 Å². The Morgan fingerprint density at radius 2 is 1.89 bits per heavy atom. The molecule has 7 heteroatoms. The number of hydrogen-bond acceptors (Lipinski definition) is 4. The number of benzene rings is 1. The molecule has 5 nitrogen and oxygen atoms in total. The van der Waals surface area contributed by atoms with Crippen LogP contribution in [0.15, 0.2) is 17.0 Å². The minimum Gasteiger partial charge on any atom is -0.482 e. The summed E-state index contributed by atoms with van der Waals surface area (Å²) in [5, 5.41) is 0. The average Bonchev–Trinajstić information content (AvgIpc) is 2.25. The molecule has 0 aliphatic heterocycles. The lowest BCUT2D eigenvalue weighted by molar-refractivity contribution is -0.130. The highest BCUT2D eigenvalue weighted by Gasteiger charge is 2.20. The largest absolute Gasteiger partial charge is 0.482 e. The molecule has 1 aromatic carbocycles. The van der Waals surface area contributed by atoms with E-state index in [1.54, 1.807) is 34.0 Å². The molecule has 1 rings (SSSR count). The molecule has 0 aromatic heterocycles. The molecular formula is C12H16ClNO4S. The number of aryl methyl sites for hydroxylation is 2. The van der Waals surface area contributed by atoms with Gasteiger partial charge in [0.1, 0.15) is 10.6 Å².